The van der Waals surface area contributed by atoms with Crippen molar-refractivity contribution in [2.45, 2.75) is 45.3 Å². The minimum Gasteiger partial charge on any atom is -0.382 e. The van der Waals surface area contributed by atoms with E-state index >= 15 is 0 Å². The highest BCUT2D eigenvalue weighted by Crippen LogP contribution is 2.38. The Hall–Kier alpha value is -1.19. The Balaban J connectivity index is 2.07. The van der Waals surface area contributed by atoms with Crippen LogP contribution in [0.4, 0.5) is 18.9 Å². The molecule has 1 aromatic rings. The van der Waals surface area contributed by atoms with Gasteiger partial charge in [-0.05, 0) is 42.9 Å². The monoisotopic (exact) mass is 257 g/mol. The zero-order chi connectivity index (χ0) is 13.4. The second-order valence-electron chi connectivity index (χ2n) is 5.83. The number of benzene rings is 1. The van der Waals surface area contributed by atoms with Crippen molar-refractivity contribution in [1.29, 1.82) is 0 Å². The first-order chi connectivity index (χ1) is 8.26. The molecule has 4 heteroatoms. The summed E-state index contributed by atoms with van der Waals surface area (Å²) in [5.41, 5.74) is 0.261. The Labute approximate surface area is 105 Å². The predicted octanol–water partition coefficient (Wildman–Crippen LogP) is 4.70. The van der Waals surface area contributed by atoms with E-state index in [2.05, 4.69) is 19.2 Å². The van der Waals surface area contributed by atoms with Crippen LogP contribution in [0.15, 0.2) is 24.3 Å². The van der Waals surface area contributed by atoms with Crippen LogP contribution in [-0.4, -0.2) is 6.04 Å². The summed E-state index contributed by atoms with van der Waals surface area (Å²) in [6, 6.07) is 5.71. The lowest BCUT2D eigenvalue weighted by atomic mass is 9.92. The molecular weight excluding hydrogens is 239 g/mol. The van der Waals surface area contributed by atoms with E-state index < -0.39 is 11.7 Å². The van der Waals surface area contributed by atoms with Gasteiger partial charge in [0.25, 0.3) is 0 Å². The highest BCUT2D eigenvalue weighted by atomic mass is 19.4. The van der Waals surface area contributed by atoms with Crippen LogP contribution >= 0.6 is 0 Å². The fraction of sp³-hybridized carbons (Fsp3) is 0.571. The second kappa shape index (κ2) is 4.48. The minimum absolute atomic E-state index is 0.281. The Morgan fingerprint density at radius 1 is 1.28 bits per heavy atom. The Bertz CT molecular complexity index is 423. The van der Waals surface area contributed by atoms with Gasteiger partial charge in [0.05, 0.1) is 5.56 Å². The standard InChI is InChI=1S/C14H18F3N/c1-13(2)7-6-12(9-13)18-11-5-3-4-10(8-11)14(15,16)17/h3-5,8,12,18H,6-7,9H2,1-2H3. The molecule has 1 aliphatic rings. The van der Waals surface area contributed by atoms with Gasteiger partial charge in [0.2, 0.25) is 0 Å². The van der Waals surface area contributed by atoms with Crippen molar-refractivity contribution in [2.24, 2.45) is 5.41 Å². The van der Waals surface area contributed by atoms with Gasteiger partial charge in [-0.15, -0.1) is 0 Å². The van der Waals surface area contributed by atoms with E-state index in [1.165, 1.54) is 12.1 Å². The van der Waals surface area contributed by atoms with Crippen LogP contribution in [0.3, 0.4) is 0 Å². The van der Waals surface area contributed by atoms with Crippen LogP contribution in [0.2, 0.25) is 0 Å². The first kappa shape index (κ1) is 13.2. The highest BCUT2D eigenvalue weighted by molar-refractivity contribution is 5.47. The molecule has 1 atom stereocenters. The maximum atomic E-state index is 12.6. The lowest BCUT2D eigenvalue weighted by Gasteiger charge is -2.19. The van der Waals surface area contributed by atoms with Gasteiger partial charge in [0.1, 0.15) is 0 Å². The summed E-state index contributed by atoms with van der Waals surface area (Å²) in [6.07, 6.45) is -1.14. The molecule has 1 nitrogen and oxygen atoms in total. The number of nitrogens with one attached hydrogen (secondary N) is 1. The highest BCUT2D eigenvalue weighted by Gasteiger charge is 2.32. The van der Waals surface area contributed by atoms with Crippen LogP contribution in [-0.2, 0) is 6.18 Å². The number of alkyl halides is 3. The Morgan fingerprint density at radius 2 is 2.00 bits per heavy atom. The van der Waals surface area contributed by atoms with E-state index in [9.17, 15) is 13.2 Å². The lowest BCUT2D eigenvalue weighted by molar-refractivity contribution is -0.137. The molecule has 0 spiro atoms. The SMILES string of the molecule is CC1(C)CCC(Nc2cccc(C(F)(F)F)c2)C1. The molecule has 18 heavy (non-hydrogen) atoms. The third-order valence-corrected chi connectivity index (χ3v) is 3.53. The average Bonchev–Trinajstić information content (AvgIpc) is 2.57. The third kappa shape index (κ3) is 3.18. The van der Waals surface area contributed by atoms with E-state index in [1.54, 1.807) is 6.07 Å². The fourth-order valence-corrected chi connectivity index (χ4v) is 2.58. The minimum atomic E-state index is -4.27. The Kier molecular flexibility index (Phi) is 3.30. The predicted molar refractivity (Wildman–Crippen MR) is 66.5 cm³/mol. The zero-order valence-corrected chi connectivity index (χ0v) is 10.6. The number of hydrogen-bond acceptors (Lipinski definition) is 1. The maximum Gasteiger partial charge on any atom is 0.416 e. The number of rotatable bonds is 2. The van der Waals surface area contributed by atoms with E-state index in [0.29, 0.717) is 11.1 Å². The molecule has 1 aliphatic carbocycles. The van der Waals surface area contributed by atoms with Crippen LogP contribution in [0.25, 0.3) is 0 Å². The van der Waals surface area contributed by atoms with Gasteiger partial charge < -0.3 is 5.32 Å². The summed E-state index contributed by atoms with van der Waals surface area (Å²) in [6.45, 7) is 4.39. The van der Waals surface area contributed by atoms with Crippen LogP contribution in [0, 0.1) is 5.41 Å². The van der Waals surface area contributed by atoms with Gasteiger partial charge in [-0.2, -0.15) is 13.2 Å². The fourth-order valence-electron chi connectivity index (χ4n) is 2.58. The van der Waals surface area contributed by atoms with Crippen molar-refractivity contribution in [3.63, 3.8) is 0 Å². The Morgan fingerprint density at radius 3 is 2.56 bits per heavy atom. The molecule has 100 valence electrons. The van der Waals surface area contributed by atoms with Crippen molar-refractivity contribution < 1.29 is 13.2 Å². The molecule has 0 aliphatic heterocycles. The topological polar surface area (TPSA) is 12.0 Å². The average molecular weight is 257 g/mol. The largest absolute Gasteiger partial charge is 0.416 e. The molecular formula is C14H18F3N. The molecule has 1 N–H and O–H groups in total. The molecule has 0 heterocycles. The van der Waals surface area contributed by atoms with Crippen molar-refractivity contribution in [3.8, 4) is 0 Å². The molecule has 0 aromatic heterocycles. The zero-order valence-electron chi connectivity index (χ0n) is 10.6. The van der Waals surface area contributed by atoms with Gasteiger partial charge in [-0.3, -0.25) is 0 Å². The molecule has 2 rings (SSSR count). The van der Waals surface area contributed by atoms with Gasteiger partial charge in [-0.25, -0.2) is 0 Å². The first-order valence-corrected chi connectivity index (χ1v) is 6.20. The van der Waals surface area contributed by atoms with Gasteiger partial charge in [0.15, 0.2) is 0 Å². The van der Waals surface area contributed by atoms with Crippen molar-refractivity contribution in [3.05, 3.63) is 29.8 Å². The number of halogens is 3. The summed E-state index contributed by atoms with van der Waals surface area (Å²) < 4.78 is 37.7. The molecule has 1 saturated carbocycles. The molecule has 0 amide bonds. The quantitative estimate of drug-likeness (QED) is 0.810. The first-order valence-electron chi connectivity index (χ1n) is 6.20. The molecule has 1 fully saturated rings. The molecule has 0 saturated heterocycles. The van der Waals surface area contributed by atoms with Crippen molar-refractivity contribution >= 4 is 5.69 Å². The number of anilines is 1. The van der Waals surface area contributed by atoms with E-state index in [0.717, 1.165) is 25.3 Å². The third-order valence-electron chi connectivity index (χ3n) is 3.53. The van der Waals surface area contributed by atoms with Gasteiger partial charge >= 0.3 is 6.18 Å². The van der Waals surface area contributed by atoms with Crippen LogP contribution in [0.1, 0.15) is 38.7 Å². The van der Waals surface area contributed by atoms with Gasteiger partial charge in [0, 0.05) is 11.7 Å². The van der Waals surface area contributed by atoms with E-state index in [1.807, 2.05) is 0 Å². The van der Waals surface area contributed by atoms with Crippen LogP contribution < -0.4 is 5.32 Å². The molecule has 1 unspecified atom stereocenters. The summed E-state index contributed by atoms with van der Waals surface area (Å²) >= 11 is 0. The van der Waals surface area contributed by atoms with Gasteiger partial charge in [-0.1, -0.05) is 19.9 Å². The summed E-state index contributed by atoms with van der Waals surface area (Å²) in [4.78, 5) is 0. The summed E-state index contributed by atoms with van der Waals surface area (Å²) in [7, 11) is 0. The molecule has 0 radical (unpaired) electrons. The molecule has 1 aromatic carbocycles. The lowest BCUT2D eigenvalue weighted by Crippen LogP contribution is -2.18. The molecule has 0 bridgehead atoms. The van der Waals surface area contributed by atoms with E-state index in [-0.39, 0.29) is 6.04 Å². The van der Waals surface area contributed by atoms with Crippen molar-refractivity contribution in [2.75, 3.05) is 5.32 Å². The summed E-state index contributed by atoms with van der Waals surface area (Å²) in [5.74, 6) is 0. The van der Waals surface area contributed by atoms with E-state index in [4.69, 9.17) is 0 Å². The number of hydrogen-bond donors (Lipinski definition) is 1. The second-order valence-corrected chi connectivity index (χ2v) is 5.83. The summed E-state index contributed by atoms with van der Waals surface area (Å²) in [5, 5.41) is 3.21. The maximum absolute atomic E-state index is 12.6. The normalized spacial score (nSPS) is 23.1. The van der Waals surface area contributed by atoms with Crippen molar-refractivity contribution in [1.82, 2.24) is 0 Å². The van der Waals surface area contributed by atoms with Crippen LogP contribution in [0.5, 0.6) is 0 Å². The smallest absolute Gasteiger partial charge is 0.382 e.